The van der Waals surface area contributed by atoms with Crippen LogP contribution in [0.25, 0.3) is 6.08 Å². The monoisotopic (exact) mass is 413 g/mol. The molecule has 7 heteroatoms. The van der Waals surface area contributed by atoms with Crippen LogP contribution in [0.3, 0.4) is 0 Å². The molecule has 0 radical (unpaired) electrons. The van der Waals surface area contributed by atoms with Crippen LogP contribution in [-0.2, 0) is 11.3 Å². The Balaban J connectivity index is 1.68. The molecule has 4 rings (SSSR count). The molecule has 0 fully saturated rings. The highest BCUT2D eigenvalue weighted by Crippen LogP contribution is 2.38. The van der Waals surface area contributed by atoms with Crippen molar-refractivity contribution in [2.45, 2.75) is 6.61 Å². The topological polar surface area (TPSA) is 77.8 Å². The molecule has 0 atom stereocenters. The molecule has 0 aromatic heterocycles. The molecule has 130 valence electrons. The smallest absolute Gasteiger partial charge is 0.231 e. The number of ketones is 1. The van der Waals surface area contributed by atoms with Gasteiger partial charge in [0.2, 0.25) is 5.78 Å². The van der Waals surface area contributed by atoms with Crippen LogP contribution < -0.4 is 14.2 Å². The van der Waals surface area contributed by atoms with Gasteiger partial charge in [0.05, 0.1) is 12.2 Å². The lowest BCUT2D eigenvalue weighted by atomic mass is 10.1. The number of carbonyl (C=O) groups is 1. The number of allylic oxidation sites excluding steroid dienone is 1. The molecule has 2 aromatic carbocycles. The number of ether oxygens (including phenoxy) is 4. The average molecular weight is 414 g/mol. The summed E-state index contributed by atoms with van der Waals surface area (Å²) in [5.41, 5.74) is 2.08. The van der Waals surface area contributed by atoms with Crippen molar-refractivity contribution in [3.8, 4) is 23.3 Å². The van der Waals surface area contributed by atoms with Gasteiger partial charge in [0.25, 0.3) is 0 Å². The fourth-order valence-electron chi connectivity index (χ4n) is 2.83. The lowest BCUT2D eigenvalue weighted by Crippen LogP contribution is -2.12. The second-order valence-corrected chi connectivity index (χ2v) is 6.55. The zero-order valence-corrected chi connectivity index (χ0v) is 15.0. The van der Waals surface area contributed by atoms with E-state index in [9.17, 15) is 4.79 Å². The van der Waals surface area contributed by atoms with E-state index in [4.69, 9.17) is 24.2 Å². The van der Waals surface area contributed by atoms with Gasteiger partial charge in [-0.05, 0) is 30.3 Å². The van der Waals surface area contributed by atoms with Gasteiger partial charge in [-0.1, -0.05) is 15.9 Å². The van der Waals surface area contributed by atoms with Crippen molar-refractivity contribution < 1.29 is 23.7 Å². The Morgan fingerprint density at radius 1 is 1.31 bits per heavy atom. The maximum absolute atomic E-state index is 12.6. The first-order valence-electron chi connectivity index (χ1n) is 7.77. The van der Waals surface area contributed by atoms with Crippen molar-refractivity contribution >= 4 is 27.8 Å². The van der Waals surface area contributed by atoms with Crippen LogP contribution in [0, 0.1) is 11.3 Å². The number of rotatable bonds is 3. The van der Waals surface area contributed by atoms with Crippen LogP contribution in [-0.4, -0.2) is 19.2 Å². The van der Waals surface area contributed by atoms with E-state index in [1.165, 1.54) is 0 Å². The van der Waals surface area contributed by atoms with Crippen molar-refractivity contribution in [1.82, 2.24) is 0 Å². The summed E-state index contributed by atoms with van der Waals surface area (Å²) in [6, 6.07) is 10.6. The number of benzene rings is 2. The minimum Gasteiger partial charge on any atom is -0.479 e. The van der Waals surface area contributed by atoms with Crippen LogP contribution in [0.2, 0.25) is 0 Å². The Kier molecular flexibility index (Phi) is 4.37. The first-order valence-corrected chi connectivity index (χ1v) is 8.56. The molecule has 26 heavy (non-hydrogen) atoms. The zero-order valence-electron chi connectivity index (χ0n) is 13.5. The van der Waals surface area contributed by atoms with E-state index in [0.717, 1.165) is 15.6 Å². The predicted octanol–water partition coefficient (Wildman–Crippen LogP) is 3.83. The van der Waals surface area contributed by atoms with Crippen LogP contribution in [0.1, 0.15) is 21.5 Å². The fraction of sp³-hybridized carbons (Fsp3) is 0.158. The normalized spacial score (nSPS) is 16.3. The predicted molar refractivity (Wildman–Crippen MR) is 94.9 cm³/mol. The molecule has 0 saturated carbocycles. The van der Waals surface area contributed by atoms with Crippen molar-refractivity contribution in [3.63, 3.8) is 0 Å². The maximum atomic E-state index is 12.6. The summed E-state index contributed by atoms with van der Waals surface area (Å²) in [7, 11) is 0. The standard InChI is InChI=1S/C19H12BrNO5/c20-13-5-11(19-12(6-13)9-23-10-25-19)7-17-18(22)15-2-1-14(24-4-3-21)8-16(15)26-17/h1-2,5-8H,4,9-10H2/b17-7-. The Hall–Kier alpha value is -2.82. The number of carbonyl (C=O) groups excluding carboxylic acids is 1. The highest BCUT2D eigenvalue weighted by molar-refractivity contribution is 9.10. The molecule has 2 aliphatic rings. The molecular weight excluding hydrogens is 402 g/mol. The molecule has 0 amide bonds. The largest absolute Gasteiger partial charge is 0.479 e. The van der Waals surface area contributed by atoms with Crippen molar-refractivity contribution in [2.24, 2.45) is 0 Å². The van der Waals surface area contributed by atoms with Crippen LogP contribution in [0.5, 0.6) is 17.2 Å². The Morgan fingerprint density at radius 2 is 2.19 bits per heavy atom. The summed E-state index contributed by atoms with van der Waals surface area (Å²) < 4.78 is 22.7. The van der Waals surface area contributed by atoms with E-state index in [1.807, 2.05) is 18.2 Å². The first-order chi connectivity index (χ1) is 12.7. The third-order valence-corrected chi connectivity index (χ3v) is 4.39. The summed E-state index contributed by atoms with van der Waals surface area (Å²) in [6.07, 6.45) is 1.66. The van der Waals surface area contributed by atoms with Crippen molar-refractivity contribution in [3.05, 3.63) is 57.3 Å². The number of Topliss-reactive ketones (excluding diaryl/α,β-unsaturated/α-hetero) is 1. The van der Waals surface area contributed by atoms with Gasteiger partial charge in [-0.3, -0.25) is 4.79 Å². The minimum absolute atomic E-state index is 0.0704. The molecule has 6 nitrogen and oxygen atoms in total. The van der Waals surface area contributed by atoms with Crippen molar-refractivity contribution in [2.75, 3.05) is 13.4 Å². The minimum atomic E-state index is -0.215. The summed E-state index contributed by atoms with van der Waals surface area (Å²) in [6.45, 7) is 0.540. The first kappa shape index (κ1) is 16.6. The summed E-state index contributed by atoms with van der Waals surface area (Å²) >= 11 is 3.46. The lowest BCUT2D eigenvalue weighted by molar-refractivity contribution is -0.0165. The second-order valence-electron chi connectivity index (χ2n) is 5.64. The average Bonchev–Trinajstić information content (AvgIpc) is 2.95. The fourth-order valence-corrected chi connectivity index (χ4v) is 3.35. The molecule has 0 bridgehead atoms. The maximum Gasteiger partial charge on any atom is 0.231 e. The molecule has 0 unspecified atom stereocenters. The molecule has 0 aliphatic carbocycles. The molecule has 2 heterocycles. The van der Waals surface area contributed by atoms with E-state index in [2.05, 4.69) is 15.9 Å². The quantitative estimate of drug-likeness (QED) is 0.711. The Bertz CT molecular complexity index is 977. The number of hydrogen-bond donors (Lipinski definition) is 0. The number of nitrogens with zero attached hydrogens (tertiary/aromatic N) is 1. The van der Waals surface area contributed by atoms with Gasteiger partial charge in [-0.25, -0.2) is 0 Å². The van der Waals surface area contributed by atoms with E-state index < -0.39 is 0 Å². The van der Waals surface area contributed by atoms with Gasteiger partial charge < -0.3 is 18.9 Å². The number of nitriles is 1. The lowest BCUT2D eigenvalue weighted by Gasteiger charge is -2.20. The number of halogens is 1. The number of hydrogen-bond acceptors (Lipinski definition) is 6. The summed E-state index contributed by atoms with van der Waals surface area (Å²) in [5, 5.41) is 8.59. The molecule has 0 N–H and O–H groups in total. The van der Waals surface area contributed by atoms with E-state index >= 15 is 0 Å². The van der Waals surface area contributed by atoms with Crippen LogP contribution in [0.15, 0.2) is 40.6 Å². The molecule has 2 aliphatic heterocycles. The van der Waals surface area contributed by atoms with Gasteiger partial charge >= 0.3 is 0 Å². The molecule has 0 spiro atoms. The molecular formula is C19H12BrNO5. The zero-order chi connectivity index (χ0) is 18.1. The van der Waals surface area contributed by atoms with Gasteiger partial charge in [0.1, 0.15) is 23.3 Å². The van der Waals surface area contributed by atoms with Gasteiger partial charge in [-0.2, -0.15) is 5.26 Å². The second kappa shape index (κ2) is 6.83. The van der Waals surface area contributed by atoms with E-state index in [-0.39, 0.29) is 24.9 Å². The summed E-state index contributed by atoms with van der Waals surface area (Å²) in [5.74, 6) is 1.54. The third-order valence-electron chi connectivity index (χ3n) is 3.93. The van der Waals surface area contributed by atoms with Crippen LogP contribution >= 0.6 is 15.9 Å². The Morgan fingerprint density at radius 3 is 3.04 bits per heavy atom. The van der Waals surface area contributed by atoms with E-state index in [1.54, 1.807) is 24.3 Å². The number of fused-ring (bicyclic) bond motifs is 2. The highest BCUT2D eigenvalue weighted by atomic mass is 79.9. The molecule has 0 saturated heterocycles. The SMILES string of the molecule is N#CCOc1ccc2c(c1)O/C(=C\c1cc(Br)cc3c1OCOC3)C2=O. The third kappa shape index (κ3) is 3.05. The van der Waals surface area contributed by atoms with Crippen molar-refractivity contribution in [1.29, 1.82) is 5.26 Å². The summed E-state index contributed by atoms with van der Waals surface area (Å²) in [4.78, 5) is 12.6. The highest BCUT2D eigenvalue weighted by Gasteiger charge is 2.28. The Labute approximate surface area is 157 Å². The van der Waals surface area contributed by atoms with Gasteiger partial charge in [0, 0.05) is 21.7 Å². The molecule has 2 aromatic rings. The van der Waals surface area contributed by atoms with Gasteiger partial charge in [-0.15, -0.1) is 0 Å². The van der Waals surface area contributed by atoms with Crippen LogP contribution in [0.4, 0.5) is 0 Å². The van der Waals surface area contributed by atoms with E-state index in [0.29, 0.717) is 29.4 Å². The van der Waals surface area contributed by atoms with Gasteiger partial charge in [0.15, 0.2) is 19.2 Å².